The summed E-state index contributed by atoms with van der Waals surface area (Å²) in [6, 6.07) is 6.71. The maximum Gasteiger partial charge on any atom is 0.319 e. The van der Waals surface area contributed by atoms with Gasteiger partial charge in [-0.05, 0) is 57.4 Å². The van der Waals surface area contributed by atoms with Gasteiger partial charge >= 0.3 is 6.03 Å². The number of benzene rings is 1. The van der Waals surface area contributed by atoms with Gasteiger partial charge in [-0.2, -0.15) is 0 Å². The Labute approximate surface area is 107 Å². The maximum atomic E-state index is 11.8. The number of anilines is 1. The predicted octanol–water partition coefficient (Wildman–Crippen LogP) is 2.95. The number of rotatable bonds is 3. The second-order valence-corrected chi connectivity index (χ2v) is 5.13. The van der Waals surface area contributed by atoms with Crippen molar-refractivity contribution in [3.63, 3.8) is 0 Å². The fourth-order valence-corrected chi connectivity index (χ4v) is 2.06. The van der Waals surface area contributed by atoms with Gasteiger partial charge in [0.2, 0.25) is 0 Å². The monoisotopic (exact) mass is 246 g/mol. The highest BCUT2D eigenvalue weighted by Gasteiger charge is 2.33. The molecule has 1 saturated carbocycles. The summed E-state index contributed by atoms with van der Waals surface area (Å²) in [6.07, 6.45) is 3.23. The lowest BCUT2D eigenvalue weighted by atomic mass is 9.79. The fourth-order valence-electron chi connectivity index (χ4n) is 2.06. The Morgan fingerprint density at radius 2 is 1.78 bits per heavy atom. The Morgan fingerprint density at radius 3 is 2.22 bits per heavy atom. The van der Waals surface area contributed by atoms with E-state index in [1.807, 2.05) is 0 Å². The molecule has 0 heterocycles. The fraction of sp³-hybridized carbons (Fsp3) is 0.429. The molecule has 1 fully saturated rings. The van der Waals surface area contributed by atoms with E-state index in [-0.39, 0.29) is 17.4 Å². The summed E-state index contributed by atoms with van der Waals surface area (Å²) in [5.41, 5.74) is 1.29. The van der Waals surface area contributed by atoms with Crippen LogP contribution in [0.5, 0.6) is 0 Å². The van der Waals surface area contributed by atoms with Crippen molar-refractivity contribution < 1.29 is 9.59 Å². The third-order valence-electron chi connectivity index (χ3n) is 3.42. The van der Waals surface area contributed by atoms with Crippen molar-refractivity contribution in [1.29, 1.82) is 0 Å². The van der Waals surface area contributed by atoms with E-state index in [0.717, 1.165) is 12.8 Å². The third-order valence-corrected chi connectivity index (χ3v) is 3.42. The first-order chi connectivity index (χ1) is 8.48. The molecule has 0 bridgehead atoms. The Balaban J connectivity index is 1.92. The number of amides is 2. The summed E-state index contributed by atoms with van der Waals surface area (Å²) in [5.74, 6) is 0.0213. The standard InChI is InChI=1S/C14H18N2O2/c1-10(17)11-4-6-12(7-5-11)15-13(18)16-14(2)8-3-9-14/h4-7H,3,8-9H2,1-2H3,(H2,15,16,18). The normalized spacial score (nSPS) is 16.6. The van der Waals surface area contributed by atoms with E-state index in [2.05, 4.69) is 17.6 Å². The molecule has 1 aliphatic rings. The molecule has 2 N–H and O–H groups in total. The number of nitrogens with one attached hydrogen (secondary N) is 2. The second kappa shape index (κ2) is 4.80. The number of hydrogen-bond donors (Lipinski definition) is 2. The van der Waals surface area contributed by atoms with Crippen LogP contribution in [-0.4, -0.2) is 17.4 Å². The van der Waals surface area contributed by atoms with E-state index >= 15 is 0 Å². The van der Waals surface area contributed by atoms with Crippen molar-refractivity contribution in [2.75, 3.05) is 5.32 Å². The SMILES string of the molecule is CC(=O)c1ccc(NC(=O)NC2(C)CCC2)cc1. The summed E-state index contributed by atoms with van der Waals surface area (Å²) in [4.78, 5) is 22.9. The van der Waals surface area contributed by atoms with Crippen molar-refractivity contribution in [2.45, 2.75) is 38.6 Å². The minimum Gasteiger partial charge on any atom is -0.333 e. The van der Waals surface area contributed by atoms with E-state index in [9.17, 15) is 9.59 Å². The smallest absolute Gasteiger partial charge is 0.319 e. The third kappa shape index (κ3) is 2.88. The Hall–Kier alpha value is -1.84. The van der Waals surface area contributed by atoms with Crippen LogP contribution in [0.2, 0.25) is 0 Å². The van der Waals surface area contributed by atoms with E-state index in [0.29, 0.717) is 11.3 Å². The zero-order valence-electron chi connectivity index (χ0n) is 10.7. The molecule has 96 valence electrons. The van der Waals surface area contributed by atoms with Crippen LogP contribution in [0.25, 0.3) is 0 Å². The zero-order chi connectivity index (χ0) is 13.2. The van der Waals surface area contributed by atoms with E-state index in [4.69, 9.17) is 0 Å². The van der Waals surface area contributed by atoms with E-state index in [1.165, 1.54) is 13.3 Å². The van der Waals surface area contributed by atoms with Crippen LogP contribution < -0.4 is 10.6 Å². The molecule has 2 amide bonds. The molecule has 0 unspecified atom stereocenters. The minimum absolute atomic E-state index is 0.0213. The molecule has 1 aromatic rings. The summed E-state index contributed by atoms with van der Waals surface area (Å²) in [7, 11) is 0. The van der Waals surface area contributed by atoms with Gasteiger partial charge in [0, 0.05) is 16.8 Å². The molecule has 0 atom stereocenters. The maximum absolute atomic E-state index is 11.8. The van der Waals surface area contributed by atoms with Gasteiger partial charge in [0.1, 0.15) is 0 Å². The Bertz CT molecular complexity index is 461. The second-order valence-electron chi connectivity index (χ2n) is 5.13. The summed E-state index contributed by atoms with van der Waals surface area (Å²) >= 11 is 0. The van der Waals surface area contributed by atoms with Crippen molar-refractivity contribution in [2.24, 2.45) is 0 Å². The molecule has 4 nitrogen and oxygen atoms in total. The van der Waals surface area contributed by atoms with Gasteiger partial charge in [0.25, 0.3) is 0 Å². The van der Waals surface area contributed by atoms with E-state index in [1.54, 1.807) is 24.3 Å². The quantitative estimate of drug-likeness (QED) is 0.805. The van der Waals surface area contributed by atoms with Gasteiger partial charge in [-0.3, -0.25) is 4.79 Å². The van der Waals surface area contributed by atoms with Crippen LogP contribution in [-0.2, 0) is 0 Å². The number of hydrogen-bond acceptors (Lipinski definition) is 2. The van der Waals surface area contributed by atoms with Crippen molar-refractivity contribution in [3.8, 4) is 0 Å². The molecule has 1 aliphatic carbocycles. The lowest BCUT2D eigenvalue weighted by molar-refractivity contribution is 0.101. The highest BCUT2D eigenvalue weighted by atomic mass is 16.2. The highest BCUT2D eigenvalue weighted by molar-refractivity contribution is 5.95. The molecule has 0 saturated heterocycles. The highest BCUT2D eigenvalue weighted by Crippen LogP contribution is 2.30. The molecule has 0 radical (unpaired) electrons. The van der Waals surface area contributed by atoms with Crippen LogP contribution in [0.3, 0.4) is 0 Å². The number of Topliss-reactive ketones (excluding diaryl/α,β-unsaturated/α-hetero) is 1. The van der Waals surface area contributed by atoms with Gasteiger partial charge in [0.15, 0.2) is 5.78 Å². The molecule has 18 heavy (non-hydrogen) atoms. The minimum atomic E-state index is -0.187. The van der Waals surface area contributed by atoms with Crippen LogP contribution in [0.4, 0.5) is 10.5 Å². The average molecular weight is 246 g/mol. The summed E-state index contributed by atoms with van der Waals surface area (Å²) < 4.78 is 0. The Kier molecular flexibility index (Phi) is 3.36. The molecule has 0 aliphatic heterocycles. The topological polar surface area (TPSA) is 58.2 Å². The molecule has 0 aromatic heterocycles. The summed E-state index contributed by atoms with van der Waals surface area (Å²) in [6.45, 7) is 3.57. The largest absolute Gasteiger partial charge is 0.333 e. The van der Waals surface area contributed by atoms with Gasteiger partial charge < -0.3 is 10.6 Å². The molecule has 1 aromatic carbocycles. The van der Waals surface area contributed by atoms with Crippen molar-refractivity contribution in [3.05, 3.63) is 29.8 Å². The molecule has 2 rings (SSSR count). The average Bonchev–Trinajstić information content (AvgIpc) is 2.27. The predicted molar refractivity (Wildman–Crippen MR) is 70.9 cm³/mol. The number of carbonyl (C=O) groups is 2. The lowest BCUT2D eigenvalue weighted by Crippen LogP contribution is -2.52. The number of urea groups is 1. The first kappa shape index (κ1) is 12.6. The van der Waals surface area contributed by atoms with Crippen LogP contribution >= 0.6 is 0 Å². The van der Waals surface area contributed by atoms with Gasteiger partial charge in [0.05, 0.1) is 0 Å². The lowest BCUT2D eigenvalue weighted by Gasteiger charge is -2.38. The van der Waals surface area contributed by atoms with Crippen LogP contribution in [0, 0.1) is 0 Å². The Morgan fingerprint density at radius 1 is 1.17 bits per heavy atom. The van der Waals surface area contributed by atoms with E-state index < -0.39 is 0 Å². The number of carbonyl (C=O) groups excluding carboxylic acids is 2. The molecular formula is C14H18N2O2. The molecule has 0 spiro atoms. The molecular weight excluding hydrogens is 228 g/mol. The van der Waals surface area contributed by atoms with Gasteiger partial charge in [-0.25, -0.2) is 4.79 Å². The van der Waals surface area contributed by atoms with Crippen molar-refractivity contribution >= 4 is 17.5 Å². The van der Waals surface area contributed by atoms with Crippen molar-refractivity contribution in [1.82, 2.24) is 5.32 Å². The van der Waals surface area contributed by atoms with Gasteiger partial charge in [-0.1, -0.05) is 0 Å². The first-order valence-corrected chi connectivity index (χ1v) is 6.19. The molecule has 4 heteroatoms. The van der Waals surface area contributed by atoms with Crippen LogP contribution in [0.15, 0.2) is 24.3 Å². The van der Waals surface area contributed by atoms with Gasteiger partial charge in [-0.15, -0.1) is 0 Å². The van der Waals surface area contributed by atoms with Crippen LogP contribution in [0.1, 0.15) is 43.5 Å². The zero-order valence-corrected chi connectivity index (χ0v) is 10.7. The summed E-state index contributed by atoms with van der Waals surface area (Å²) in [5, 5.41) is 5.73. The number of ketones is 1. The first-order valence-electron chi connectivity index (χ1n) is 6.19.